The quantitative estimate of drug-likeness (QED) is 0.374. The molecule has 0 aliphatic carbocycles. The van der Waals surface area contributed by atoms with Crippen LogP contribution >= 0.6 is 11.8 Å². The second kappa shape index (κ2) is 9.74. The minimum atomic E-state index is -0.767. The minimum Gasteiger partial charge on any atom is -0.485 e. The number of fused-ring (bicyclic) bond motifs is 1. The first-order chi connectivity index (χ1) is 17.0. The minimum absolute atomic E-state index is 0.195. The zero-order valence-electron chi connectivity index (χ0n) is 19.0. The number of hydrogen-bond donors (Lipinski definition) is 2. The van der Waals surface area contributed by atoms with Gasteiger partial charge in [0.15, 0.2) is 28.6 Å². The molecule has 2 atom stereocenters. The summed E-state index contributed by atoms with van der Waals surface area (Å²) < 4.78 is 24.4. The van der Waals surface area contributed by atoms with Gasteiger partial charge in [-0.2, -0.15) is 0 Å². The largest absolute Gasteiger partial charge is 0.485 e. The van der Waals surface area contributed by atoms with Crippen LogP contribution in [0.4, 0.5) is 4.79 Å². The summed E-state index contributed by atoms with van der Waals surface area (Å²) in [5.41, 5.74) is 0.686. The Balaban J connectivity index is 1.38. The van der Waals surface area contributed by atoms with Crippen molar-refractivity contribution in [3.05, 3.63) is 65.5 Å². The number of furan rings is 1. The van der Waals surface area contributed by atoms with E-state index in [4.69, 9.17) is 18.6 Å². The third-order valence-electron chi connectivity index (χ3n) is 5.49. The average molecular weight is 498 g/mol. The summed E-state index contributed by atoms with van der Waals surface area (Å²) in [6.07, 6.45) is 1.06. The van der Waals surface area contributed by atoms with Crippen molar-refractivity contribution in [1.82, 2.24) is 25.4 Å². The number of nitrogens with zero attached hydrogens (tertiary/aromatic N) is 3. The number of urea groups is 1. The zero-order valence-corrected chi connectivity index (χ0v) is 19.8. The second-order valence-corrected chi connectivity index (χ2v) is 8.65. The van der Waals surface area contributed by atoms with Crippen molar-refractivity contribution in [3.8, 4) is 11.5 Å². The first-order valence-corrected chi connectivity index (χ1v) is 11.9. The van der Waals surface area contributed by atoms with Gasteiger partial charge in [0.2, 0.25) is 0 Å². The number of carbonyl (C=O) groups is 2. The van der Waals surface area contributed by atoms with E-state index in [1.54, 1.807) is 19.1 Å². The summed E-state index contributed by atoms with van der Waals surface area (Å²) in [5, 5.41) is 14.6. The van der Waals surface area contributed by atoms with Gasteiger partial charge in [0.25, 0.3) is 0 Å². The summed E-state index contributed by atoms with van der Waals surface area (Å²) in [6.45, 7) is 2.22. The average Bonchev–Trinajstić information content (AvgIpc) is 3.52. The molecule has 1 aromatic carbocycles. The summed E-state index contributed by atoms with van der Waals surface area (Å²) in [6, 6.07) is 9.62. The summed E-state index contributed by atoms with van der Waals surface area (Å²) in [7, 11) is 1.83. The van der Waals surface area contributed by atoms with Gasteiger partial charge in [-0.15, -0.1) is 10.2 Å². The smallest absolute Gasteiger partial charge is 0.338 e. The SMILES string of the molecule is CCOC(=O)C1=C(CSc2nnc([C@H]3COc4ccccc4O3)n2C)NC(=O)N[C@@H]1c1ccco1. The molecule has 2 aliphatic heterocycles. The van der Waals surface area contributed by atoms with Crippen molar-refractivity contribution in [2.45, 2.75) is 24.2 Å². The van der Waals surface area contributed by atoms with Crippen LogP contribution in [0.15, 0.2) is 63.5 Å². The molecule has 11 nitrogen and oxygen atoms in total. The van der Waals surface area contributed by atoms with Gasteiger partial charge < -0.3 is 33.8 Å². The molecule has 2 aliphatic rings. The number of amides is 2. The molecule has 2 aromatic heterocycles. The maximum Gasteiger partial charge on any atom is 0.338 e. The number of esters is 1. The van der Waals surface area contributed by atoms with Crippen molar-refractivity contribution >= 4 is 23.8 Å². The number of thioether (sulfide) groups is 1. The Labute approximate surface area is 204 Å². The summed E-state index contributed by atoms with van der Waals surface area (Å²) in [5.74, 6) is 2.07. The van der Waals surface area contributed by atoms with Gasteiger partial charge in [-0.05, 0) is 31.2 Å². The topological polar surface area (TPSA) is 130 Å². The number of benzene rings is 1. The van der Waals surface area contributed by atoms with Gasteiger partial charge in [0, 0.05) is 18.5 Å². The monoisotopic (exact) mass is 497 g/mol. The molecule has 0 radical (unpaired) electrons. The molecule has 0 saturated heterocycles. The summed E-state index contributed by atoms with van der Waals surface area (Å²) in [4.78, 5) is 25.2. The Kier molecular flexibility index (Phi) is 6.36. The molecule has 2 amide bonds. The Morgan fingerprint density at radius 3 is 2.83 bits per heavy atom. The van der Waals surface area contributed by atoms with E-state index in [1.807, 2.05) is 35.9 Å². The maximum absolute atomic E-state index is 12.8. The Hall–Kier alpha value is -3.93. The molecular weight excluding hydrogens is 474 g/mol. The third-order valence-corrected chi connectivity index (χ3v) is 6.53. The van der Waals surface area contributed by atoms with Crippen LogP contribution in [0.3, 0.4) is 0 Å². The van der Waals surface area contributed by atoms with E-state index >= 15 is 0 Å². The van der Waals surface area contributed by atoms with Crippen LogP contribution in [0.2, 0.25) is 0 Å². The fraction of sp³-hybridized carbons (Fsp3) is 0.304. The highest BCUT2D eigenvalue weighted by Crippen LogP contribution is 2.36. The van der Waals surface area contributed by atoms with E-state index < -0.39 is 24.1 Å². The maximum atomic E-state index is 12.8. The number of aromatic nitrogens is 3. The van der Waals surface area contributed by atoms with Crippen molar-refractivity contribution in [2.75, 3.05) is 19.0 Å². The van der Waals surface area contributed by atoms with E-state index in [0.29, 0.717) is 40.5 Å². The van der Waals surface area contributed by atoms with Crippen LogP contribution in [-0.4, -0.2) is 45.7 Å². The molecule has 5 rings (SSSR count). The van der Waals surface area contributed by atoms with E-state index in [0.717, 1.165) is 0 Å². The molecule has 0 spiro atoms. The van der Waals surface area contributed by atoms with Crippen molar-refractivity contribution in [1.29, 1.82) is 0 Å². The standard InChI is InChI=1S/C23H23N5O6S/c1-3-31-21(29)18-13(24-22(30)25-19(18)16-9-6-10-32-16)12-35-23-27-26-20(28(23)2)17-11-33-14-7-4-5-8-15(14)34-17/h4-10,17,19H,3,11-12H2,1-2H3,(H2,24,25,30)/t17-,19-/m1/s1. The van der Waals surface area contributed by atoms with Crippen LogP contribution in [-0.2, 0) is 16.6 Å². The highest BCUT2D eigenvalue weighted by Gasteiger charge is 2.35. The fourth-order valence-electron chi connectivity index (χ4n) is 3.87. The Morgan fingerprint density at radius 1 is 1.23 bits per heavy atom. The molecular formula is C23H23N5O6S. The van der Waals surface area contributed by atoms with E-state index in [-0.39, 0.29) is 17.9 Å². The van der Waals surface area contributed by atoms with Crippen LogP contribution in [0.1, 0.15) is 30.7 Å². The molecule has 12 heteroatoms. The van der Waals surface area contributed by atoms with Crippen LogP contribution in [0.25, 0.3) is 0 Å². The number of carbonyl (C=O) groups excluding carboxylic acids is 2. The highest BCUT2D eigenvalue weighted by molar-refractivity contribution is 7.99. The van der Waals surface area contributed by atoms with Crippen LogP contribution < -0.4 is 20.1 Å². The van der Waals surface area contributed by atoms with Gasteiger partial charge in [0.1, 0.15) is 18.4 Å². The molecule has 2 N–H and O–H groups in total. The molecule has 35 heavy (non-hydrogen) atoms. The van der Waals surface area contributed by atoms with Crippen molar-refractivity contribution in [3.63, 3.8) is 0 Å². The molecule has 0 unspecified atom stereocenters. The lowest BCUT2D eigenvalue weighted by molar-refractivity contribution is -0.139. The molecule has 0 fully saturated rings. The van der Waals surface area contributed by atoms with Crippen molar-refractivity contribution in [2.24, 2.45) is 7.05 Å². The lowest BCUT2D eigenvalue weighted by Gasteiger charge is -2.27. The number of para-hydroxylation sites is 2. The molecule has 0 bridgehead atoms. The van der Waals surface area contributed by atoms with Gasteiger partial charge in [-0.3, -0.25) is 0 Å². The predicted molar refractivity (Wildman–Crippen MR) is 124 cm³/mol. The molecule has 0 saturated carbocycles. The Bertz CT molecular complexity index is 1270. The highest BCUT2D eigenvalue weighted by atomic mass is 32.2. The first-order valence-electron chi connectivity index (χ1n) is 11.0. The number of hydrogen-bond acceptors (Lipinski definition) is 9. The number of nitrogens with one attached hydrogen (secondary N) is 2. The summed E-state index contributed by atoms with van der Waals surface area (Å²) >= 11 is 1.32. The normalized spacial score (nSPS) is 19.2. The molecule has 3 aromatic rings. The van der Waals surface area contributed by atoms with Crippen LogP contribution in [0, 0.1) is 0 Å². The molecule has 4 heterocycles. The zero-order chi connectivity index (χ0) is 24.4. The van der Waals surface area contributed by atoms with Gasteiger partial charge >= 0.3 is 12.0 Å². The van der Waals surface area contributed by atoms with E-state index in [2.05, 4.69) is 20.8 Å². The lowest BCUT2D eigenvalue weighted by atomic mass is 10.0. The van der Waals surface area contributed by atoms with Crippen molar-refractivity contribution < 1.29 is 28.2 Å². The molecule has 182 valence electrons. The van der Waals surface area contributed by atoms with E-state index in [9.17, 15) is 9.59 Å². The van der Waals surface area contributed by atoms with Gasteiger partial charge in [-0.1, -0.05) is 23.9 Å². The first kappa shape index (κ1) is 22.8. The number of ether oxygens (including phenoxy) is 3. The number of rotatable bonds is 7. The van der Waals surface area contributed by atoms with Gasteiger partial charge in [-0.25, -0.2) is 9.59 Å². The van der Waals surface area contributed by atoms with E-state index in [1.165, 1.54) is 18.0 Å². The predicted octanol–water partition coefficient (Wildman–Crippen LogP) is 2.88. The lowest BCUT2D eigenvalue weighted by Crippen LogP contribution is -2.46. The van der Waals surface area contributed by atoms with Crippen LogP contribution in [0.5, 0.6) is 11.5 Å². The third kappa shape index (κ3) is 4.56. The fourth-order valence-corrected chi connectivity index (χ4v) is 4.75. The Morgan fingerprint density at radius 2 is 2.06 bits per heavy atom. The second-order valence-electron chi connectivity index (χ2n) is 7.71. The van der Waals surface area contributed by atoms with Gasteiger partial charge in [0.05, 0.1) is 18.4 Å².